The van der Waals surface area contributed by atoms with Gasteiger partial charge in [-0.3, -0.25) is 4.98 Å². The molecule has 0 radical (unpaired) electrons. The number of H-pyrrole nitrogens is 1. The molecule has 0 spiro atoms. The second-order valence-corrected chi connectivity index (χ2v) is 6.35. The van der Waals surface area contributed by atoms with Crippen molar-refractivity contribution >= 4 is 33.7 Å². The Morgan fingerprint density at radius 3 is 2.73 bits per heavy atom. The Balaban J connectivity index is 1.61. The first-order valence-electron chi connectivity index (χ1n) is 8.95. The smallest absolute Gasteiger partial charge is 0.107 e. The van der Waals surface area contributed by atoms with Gasteiger partial charge in [0, 0.05) is 35.8 Å². The van der Waals surface area contributed by atoms with E-state index in [9.17, 15) is 0 Å². The third-order valence-electron chi connectivity index (χ3n) is 4.62. The number of para-hydroxylation sites is 1. The number of nitrogens with one attached hydrogen (secondary N) is 2. The topological polar surface area (TPSA) is 53.6 Å². The molecule has 0 bridgehead atoms. The molecule has 0 saturated heterocycles. The van der Waals surface area contributed by atoms with E-state index in [2.05, 4.69) is 52.8 Å². The normalized spacial score (nSPS) is 11.6. The van der Waals surface area contributed by atoms with Gasteiger partial charge in [0.25, 0.3) is 0 Å². The number of rotatable bonds is 5. The van der Waals surface area contributed by atoms with Crippen LogP contribution in [0.5, 0.6) is 0 Å². The Labute approximate surface area is 153 Å². The summed E-state index contributed by atoms with van der Waals surface area (Å²) in [6.07, 6.45) is 5.85. The van der Waals surface area contributed by atoms with Gasteiger partial charge in [-0.05, 0) is 37.6 Å². The lowest BCUT2D eigenvalue weighted by molar-refractivity contribution is 0.866. The van der Waals surface area contributed by atoms with Crippen LogP contribution >= 0.6 is 0 Å². The van der Waals surface area contributed by atoms with E-state index >= 15 is 0 Å². The molecule has 2 N–H and O–H groups in total. The van der Waals surface area contributed by atoms with E-state index in [1.807, 2.05) is 32.2 Å². The first kappa shape index (κ1) is 16.3. The number of aryl methyl sites for hydroxylation is 2. The van der Waals surface area contributed by atoms with Gasteiger partial charge < -0.3 is 10.3 Å². The fraction of sp³-hybridized carbons (Fsp3) is 0.182. The van der Waals surface area contributed by atoms with Crippen molar-refractivity contribution in [2.45, 2.75) is 19.8 Å². The summed E-state index contributed by atoms with van der Waals surface area (Å²) in [5.74, 6) is 0.994. The van der Waals surface area contributed by atoms with E-state index in [-0.39, 0.29) is 0 Å². The van der Waals surface area contributed by atoms with Crippen LogP contribution in [0, 0.1) is 0 Å². The molecule has 4 aromatic rings. The molecule has 0 fully saturated rings. The van der Waals surface area contributed by atoms with Gasteiger partial charge in [0.15, 0.2) is 0 Å². The first-order valence-corrected chi connectivity index (χ1v) is 8.95. The summed E-state index contributed by atoms with van der Waals surface area (Å²) >= 11 is 0. The molecule has 4 rings (SSSR count). The van der Waals surface area contributed by atoms with E-state index < -0.39 is 0 Å². The Hall–Kier alpha value is -3.14. The number of hydrogen-bond donors (Lipinski definition) is 2. The highest BCUT2D eigenvalue weighted by molar-refractivity contribution is 5.91. The Morgan fingerprint density at radius 2 is 1.88 bits per heavy atom. The predicted octanol–water partition coefficient (Wildman–Crippen LogP) is 4.97. The number of pyridine rings is 1. The van der Waals surface area contributed by atoms with Gasteiger partial charge in [0.05, 0.1) is 16.6 Å². The van der Waals surface area contributed by atoms with E-state index in [1.165, 1.54) is 5.39 Å². The van der Waals surface area contributed by atoms with Crippen LogP contribution in [0.1, 0.15) is 24.0 Å². The summed E-state index contributed by atoms with van der Waals surface area (Å²) in [5, 5.41) is 4.42. The fourth-order valence-electron chi connectivity index (χ4n) is 3.31. The van der Waals surface area contributed by atoms with Gasteiger partial charge in [-0.25, -0.2) is 4.98 Å². The molecule has 2 aromatic carbocycles. The molecule has 0 unspecified atom stereocenters. The van der Waals surface area contributed by atoms with Crippen LogP contribution in [0.25, 0.3) is 28.0 Å². The quantitative estimate of drug-likeness (QED) is 0.538. The zero-order chi connectivity index (χ0) is 17.9. The molecule has 4 nitrogen and oxygen atoms in total. The summed E-state index contributed by atoms with van der Waals surface area (Å²) < 4.78 is 0. The van der Waals surface area contributed by atoms with Crippen molar-refractivity contribution in [1.82, 2.24) is 15.0 Å². The molecular formula is C22H22N4. The van der Waals surface area contributed by atoms with Crippen LogP contribution < -0.4 is 5.32 Å². The zero-order valence-electron chi connectivity index (χ0n) is 15.1. The molecule has 26 heavy (non-hydrogen) atoms. The number of anilines is 1. The van der Waals surface area contributed by atoms with E-state index in [0.29, 0.717) is 0 Å². The summed E-state index contributed by atoms with van der Waals surface area (Å²) in [7, 11) is 1.94. The Morgan fingerprint density at radius 1 is 1.00 bits per heavy atom. The number of benzene rings is 2. The summed E-state index contributed by atoms with van der Waals surface area (Å²) in [6, 6.07) is 16.6. The van der Waals surface area contributed by atoms with Gasteiger partial charge in [-0.15, -0.1) is 0 Å². The third kappa shape index (κ3) is 3.06. The minimum absolute atomic E-state index is 0.837. The van der Waals surface area contributed by atoms with Crippen molar-refractivity contribution in [1.29, 1.82) is 0 Å². The fourth-order valence-corrected chi connectivity index (χ4v) is 3.31. The minimum atomic E-state index is 0.837. The number of allylic oxidation sites excluding steroid dienone is 1. The molecule has 0 amide bonds. The maximum Gasteiger partial charge on any atom is 0.107 e. The molecule has 4 heteroatoms. The molecule has 0 atom stereocenters. The molecule has 2 heterocycles. The molecular weight excluding hydrogens is 320 g/mol. The van der Waals surface area contributed by atoms with E-state index in [1.54, 1.807) is 0 Å². The average molecular weight is 342 g/mol. The van der Waals surface area contributed by atoms with Crippen LogP contribution in [-0.4, -0.2) is 22.0 Å². The van der Waals surface area contributed by atoms with E-state index in [4.69, 9.17) is 9.97 Å². The minimum Gasteiger partial charge on any atom is -0.388 e. The maximum atomic E-state index is 4.84. The second kappa shape index (κ2) is 7.00. The predicted molar refractivity (Wildman–Crippen MR) is 109 cm³/mol. The van der Waals surface area contributed by atoms with Crippen molar-refractivity contribution in [3.8, 4) is 0 Å². The number of imidazole rings is 1. The largest absolute Gasteiger partial charge is 0.388 e. The van der Waals surface area contributed by atoms with Gasteiger partial charge in [0.2, 0.25) is 0 Å². The third-order valence-corrected chi connectivity index (χ3v) is 4.62. The molecule has 0 aliphatic heterocycles. The molecule has 0 aliphatic rings. The molecule has 2 aromatic heterocycles. The molecule has 0 saturated carbocycles. The summed E-state index contributed by atoms with van der Waals surface area (Å²) in [6.45, 7) is 2.03. The SMILES string of the molecule is C/C=C\c1c(NC)ccc2[nH]c(CCc3ccc4ccccc4n3)nc12. The van der Waals surface area contributed by atoms with Crippen LogP contribution in [-0.2, 0) is 12.8 Å². The van der Waals surface area contributed by atoms with Gasteiger partial charge in [0.1, 0.15) is 5.82 Å². The van der Waals surface area contributed by atoms with Crippen LogP contribution in [0.4, 0.5) is 5.69 Å². The zero-order valence-corrected chi connectivity index (χ0v) is 15.1. The van der Waals surface area contributed by atoms with Gasteiger partial charge in [-0.1, -0.05) is 36.4 Å². The highest BCUT2D eigenvalue weighted by Crippen LogP contribution is 2.26. The number of hydrogen-bond acceptors (Lipinski definition) is 3. The van der Waals surface area contributed by atoms with Crippen molar-refractivity contribution < 1.29 is 0 Å². The van der Waals surface area contributed by atoms with Crippen molar-refractivity contribution in [2.24, 2.45) is 0 Å². The Kier molecular flexibility index (Phi) is 4.40. The second-order valence-electron chi connectivity index (χ2n) is 6.35. The Bertz CT molecular complexity index is 1090. The number of aromatic nitrogens is 3. The lowest BCUT2D eigenvalue weighted by Crippen LogP contribution is -1.96. The highest BCUT2D eigenvalue weighted by atomic mass is 14.9. The molecule has 130 valence electrons. The maximum absolute atomic E-state index is 4.84. The van der Waals surface area contributed by atoms with Crippen molar-refractivity contribution in [3.05, 3.63) is 71.7 Å². The van der Waals surface area contributed by atoms with Crippen molar-refractivity contribution in [3.63, 3.8) is 0 Å². The van der Waals surface area contributed by atoms with Crippen LogP contribution in [0.3, 0.4) is 0 Å². The number of fused-ring (bicyclic) bond motifs is 2. The lowest BCUT2D eigenvalue weighted by atomic mass is 10.1. The summed E-state index contributed by atoms with van der Waals surface area (Å²) in [5.41, 5.74) is 6.43. The van der Waals surface area contributed by atoms with Crippen molar-refractivity contribution in [2.75, 3.05) is 12.4 Å². The number of nitrogens with zero attached hydrogens (tertiary/aromatic N) is 2. The summed E-state index contributed by atoms with van der Waals surface area (Å²) in [4.78, 5) is 13.1. The van der Waals surface area contributed by atoms with Gasteiger partial charge >= 0.3 is 0 Å². The lowest BCUT2D eigenvalue weighted by Gasteiger charge is -2.05. The van der Waals surface area contributed by atoms with Gasteiger partial charge in [-0.2, -0.15) is 0 Å². The monoisotopic (exact) mass is 342 g/mol. The average Bonchev–Trinajstić information content (AvgIpc) is 3.10. The van der Waals surface area contributed by atoms with Crippen LogP contribution in [0.15, 0.2) is 54.6 Å². The highest BCUT2D eigenvalue weighted by Gasteiger charge is 2.10. The van der Waals surface area contributed by atoms with Crippen LogP contribution in [0.2, 0.25) is 0 Å². The standard InChI is InChI=1S/C22H22N4/c1-3-6-17-19(23-2)12-13-20-22(17)26-21(25-20)14-11-16-10-9-15-7-4-5-8-18(15)24-16/h3-10,12-13,23H,11,14H2,1-2H3,(H,25,26)/b6-3-. The molecule has 0 aliphatic carbocycles. The number of aromatic amines is 1. The van der Waals surface area contributed by atoms with E-state index in [0.717, 1.165) is 52.2 Å². The first-order chi connectivity index (χ1) is 12.8.